The molecule has 15 heavy (non-hydrogen) atoms. The molecule has 1 fully saturated rings. The highest BCUT2D eigenvalue weighted by molar-refractivity contribution is 8.33. The van der Waals surface area contributed by atoms with Crippen LogP contribution < -0.4 is 0 Å². The van der Waals surface area contributed by atoms with Gasteiger partial charge in [0.2, 0.25) is 0 Å². The van der Waals surface area contributed by atoms with Gasteiger partial charge in [0.1, 0.15) is 0 Å². The monoisotopic (exact) mass is 232 g/mol. The molecule has 0 bridgehead atoms. The van der Waals surface area contributed by atoms with Crippen LogP contribution in [0.15, 0.2) is 0 Å². The van der Waals surface area contributed by atoms with Gasteiger partial charge in [-0.05, 0) is 55.6 Å². The highest BCUT2D eigenvalue weighted by atomic mass is 32.3. The lowest BCUT2D eigenvalue weighted by Crippen LogP contribution is -2.25. The molecule has 0 N–H and O–H groups in total. The van der Waals surface area contributed by atoms with Crippen LogP contribution in [0, 0.1) is 5.92 Å². The van der Waals surface area contributed by atoms with Gasteiger partial charge in [-0.25, -0.2) is 10.0 Å². The Labute approximate surface area is 97.3 Å². The number of rotatable bonds is 4. The lowest BCUT2D eigenvalue weighted by atomic mass is 9.94. The largest absolute Gasteiger partial charge is 0.378 e. The van der Waals surface area contributed by atoms with Gasteiger partial charge in [-0.15, -0.1) is 0 Å². The lowest BCUT2D eigenvalue weighted by Gasteiger charge is -2.38. The lowest BCUT2D eigenvalue weighted by molar-refractivity contribution is 0.00216. The van der Waals surface area contributed by atoms with E-state index in [9.17, 15) is 0 Å². The van der Waals surface area contributed by atoms with E-state index < -0.39 is 0 Å². The Morgan fingerprint density at radius 3 is 2.53 bits per heavy atom. The Kier molecular flexibility index (Phi) is 4.98. The van der Waals surface area contributed by atoms with Crippen LogP contribution in [0.5, 0.6) is 0 Å². The fourth-order valence-electron chi connectivity index (χ4n) is 2.06. The quantitative estimate of drug-likeness (QED) is 0.719. The van der Waals surface area contributed by atoms with Gasteiger partial charge < -0.3 is 4.74 Å². The van der Waals surface area contributed by atoms with Gasteiger partial charge >= 0.3 is 0 Å². The first-order valence-corrected chi connectivity index (χ1v) is 8.91. The zero-order valence-corrected chi connectivity index (χ0v) is 11.9. The van der Waals surface area contributed by atoms with E-state index in [2.05, 4.69) is 33.3 Å². The molecule has 0 aromatic rings. The summed E-state index contributed by atoms with van der Waals surface area (Å²) in [4.78, 5) is 0. The van der Waals surface area contributed by atoms with Gasteiger partial charge in [0.25, 0.3) is 0 Å². The fourth-order valence-corrected chi connectivity index (χ4v) is 3.47. The molecule has 1 rings (SSSR count). The van der Waals surface area contributed by atoms with E-state index in [4.69, 9.17) is 4.74 Å². The van der Waals surface area contributed by atoms with Crippen molar-refractivity contribution >= 4 is 10.0 Å². The average molecular weight is 232 g/mol. The summed E-state index contributed by atoms with van der Waals surface area (Å²) in [5, 5.41) is 0.870. The summed E-state index contributed by atoms with van der Waals surface area (Å²) >= 11 is 0. The molecule has 0 spiro atoms. The maximum absolute atomic E-state index is 5.59. The highest BCUT2D eigenvalue weighted by Crippen LogP contribution is 2.46. The minimum absolute atomic E-state index is 0.356. The molecule has 2 unspecified atom stereocenters. The van der Waals surface area contributed by atoms with Gasteiger partial charge in [0, 0.05) is 6.61 Å². The second-order valence-corrected chi connectivity index (χ2v) is 10.3. The van der Waals surface area contributed by atoms with Crippen LogP contribution in [0.3, 0.4) is 0 Å². The number of hydrogen-bond donors (Lipinski definition) is 0. The van der Waals surface area contributed by atoms with Crippen molar-refractivity contribution in [3.63, 3.8) is 0 Å². The first-order valence-electron chi connectivity index (χ1n) is 6.23. The minimum atomic E-state index is -0.356. The van der Waals surface area contributed by atoms with Gasteiger partial charge in [-0.1, -0.05) is 13.8 Å². The molecule has 0 radical (unpaired) electrons. The van der Waals surface area contributed by atoms with Crippen molar-refractivity contribution in [3.8, 4) is 0 Å². The summed E-state index contributed by atoms with van der Waals surface area (Å²) in [5.74, 6) is 2.38. The maximum Gasteiger partial charge on any atom is 0.0549 e. The fraction of sp³-hybridized carbons (Fsp3) is 1.00. The van der Waals surface area contributed by atoms with Gasteiger partial charge in [0.05, 0.1) is 6.10 Å². The van der Waals surface area contributed by atoms with Crippen LogP contribution >= 0.6 is 10.0 Å². The van der Waals surface area contributed by atoms with E-state index >= 15 is 0 Å². The Hall–Kier alpha value is 0.310. The highest BCUT2D eigenvalue weighted by Gasteiger charge is 2.22. The molecule has 0 aromatic heterocycles. The number of hydrogen-bond acceptors (Lipinski definition) is 1. The Bertz CT molecular complexity index is 189. The van der Waals surface area contributed by atoms with Gasteiger partial charge in [-0.2, -0.15) is 0 Å². The third kappa shape index (κ3) is 4.36. The second-order valence-electron chi connectivity index (χ2n) is 5.74. The topological polar surface area (TPSA) is 9.23 Å². The third-order valence-electron chi connectivity index (χ3n) is 3.92. The summed E-state index contributed by atoms with van der Waals surface area (Å²) in [6.45, 7) is 7.96. The predicted molar refractivity (Wildman–Crippen MR) is 72.2 cm³/mol. The van der Waals surface area contributed by atoms with E-state index in [1.54, 1.807) is 0 Å². The molecule has 0 aromatic carbocycles. The Balaban J connectivity index is 2.30. The molecule has 1 saturated heterocycles. The maximum atomic E-state index is 5.59. The minimum Gasteiger partial charge on any atom is -0.378 e. The molecular formula is C13H28OS. The molecule has 0 saturated carbocycles. The van der Waals surface area contributed by atoms with Crippen LogP contribution in [0.4, 0.5) is 0 Å². The molecule has 1 heterocycles. The molecule has 0 aliphatic carbocycles. The smallest absolute Gasteiger partial charge is 0.0549 e. The van der Waals surface area contributed by atoms with Crippen LogP contribution in [0.1, 0.15) is 40.0 Å². The van der Waals surface area contributed by atoms with E-state index in [1.807, 2.05) is 0 Å². The summed E-state index contributed by atoms with van der Waals surface area (Å²) in [6, 6.07) is 0. The molecule has 2 atom stereocenters. The Morgan fingerprint density at radius 2 is 2.00 bits per heavy atom. The number of ether oxygens (including phenoxy) is 1. The van der Waals surface area contributed by atoms with E-state index in [0.29, 0.717) is 6.10 Å². The van der Waals surface area contributed by atoms with Crippen LogP contribution in [-0.4, -0.2) is 36.2 Å². The van der Waals surface area contributed by atoms with E-state index in [1.165, 1.54) is 25.0 Å². The molecule has 1 aliphatic rings. The zero-order chi connectivity index (χ0) is 11.5. The van der Waals surface area contributed by atoms with Crippen molar-refractivity contribution < 1.29 is 4.74 Å². The molecule has 2 heteroatoms. The Morgan fingerprint density at radius 1 is 1.33 bits per heavy atom. The van der Waals surface area contributed by atoms with Crippen molar-refractivity contribution in [2.75, 3.05) is 24.9 Å². The molecule has 0 amide bonds. The predicted octanol–water partition coefficient (Wildman–Crippen LogP) is 3.66. The normalized spacial score (nSPS) is 29.5. The van der Waals surface area contributed by atoms with Crippen molar-refractivity contribution in [1.82, 2.24) is 0 Å². The van der Waals surface area contributed by atoms with Crippen LogP contribution in [-0.2, 0) is 4.74 Å². The summed E-state index contributed by atoms with van der Waals surface area (Å²) in [5.41, 5.74) is 0. The van der Waals surface area contributed by atoms with Crippen molar-refractivity contribution in [2.24, 2.45) is 5.92 Å². The van der Waals surface area contributed by atoms with Crippen molar-refractivity contribution in [1.29, 1.82) is 0 Å². The van der Waals surface area contributed by atoms with Gasteiger partial charge in [-0.3, -0.25) is 0 Å². The SMILES string of the molecule is CC1CC(CCS(C)(C)C(C)C)CCO1. The first-order chi connectivity index (χ1) is 6.92. The second kappa shape index (κ2) is 5.58. The van der Waals surface area contributed by atoms with Gasteiger partial charge in [0.15, 0.2) is 0 Å². The molecular weight excluding hydrogens is 204 g/mol. The molecule has 92 valence electrons. The molecule has 1 nitrogen and oxygen atoms in total. The third-order valence-corrected chi connectivity index (χ3v) is 7.76. The summed E-state index contributed by atoms with van der Waals surface area (Å²) in [7, 11) is -0.356. The molecule has 1 aliphatic heterocycles. The zero-order valence-electron chi connectivity index (χ0n) is 11.1. The van der Waals surface area contributed by atoms with Crippen LogP contribution in [0.25, 0.3) is 0 Å². The van der Waals surface area contributed by atoms with E-state index in [0.717, 1.165) is 17.8 Å². The van der Waals surface area contributed by atoms with Crippen molar-refractivity contribution in [3.05, 3.63) is 0 Å². The summed E-state index contributed by atoms with van der Waals surface area (Å²) < 4.78 is 5.59. The van der Waals surface area contributed by atoms with Crippen molar-refractivity contribution in [2.45, 2.75) is 51.4 Å². The first kappa shape index (κ1) is 13.4. The standard InChI is InChI=1S/C13H28OS/c1-11(2)15(4,5)9-7-13-6-8-14-12(3)10-13/h11-13H,6-10H2,1-5H3. The summed E-state index contributed by atoms with van der Waals surface area (Å²) in [6.07, 6.45) is 9.47. The van der Waals surface area contributed by atoms with Crippen LogP contribution in [0.2, 0.25) is 0 Å². The van der Waals surface area contributed by atoms with E-state index in [-0.39, 0.29) is 10.0 Å². The average Bonchev–Trinajstić information content (AvgIpc) is 2.15.